The number of hydrogen-bond donors (Lipinski definition) is 1. The molecule has 0 heterocycles. The average molecular weight is 283 g/mol. The van der Waals surface area contributed by atoms with Crippen LogP contribution in [-0.2, 0) is 6.54 Å². The van der Waals surface area contributed by atoms with Crippen LogP contribution < -0.4 is 5.73 Å². The summed E-state index contributed by atoms with van der Waals surface area (Å²) in [6.45, 7) is 0.438. The van der Waals surface area contributed by atoms with Gasteiger partial charge < -0.3 is 5.73 Å². The van der Waals surface area contributed by atoms with E-state index in [1.54, 1.807) is 6.07 Å². The third-order valence-electron chi connectivity index (χ3n) is 4.56. The minimum atomic E-state index is -0.183. The molecule has 0 atom stereocenters. The molecule has 0 aromatic heterocycles. The summed E-state index contributed by atoms with van der Waals surface area (Å²) in [7, 11) is 0. The molecule has 1 saturated carbocycles. The quantitative estimate of drug-likeness (QED) is 0.843. The van der Waals surface area contributed by atoms with E-state index in [0.29, 0.717) is 18.0 Å². The Morgan fingerprint density at radius 2 is 1.67 bits per heavy atom. The highest BCUT2D eigenvalue weighted by Gasteiger charge is 2.15. The number of halogens is 1. The van der Waals surface area contributed by atoms with Gasteiger partial charge in [0.15, 0.2) is 0 Å². The zero-order chi connectivity index (χ0) is 14.7. The van der Waals surface area contributed by atoms with Gasteiger partial charge in [0.05, 0.1) is 0 Å². The van der Waals surface area contributed by atoms with Gasteiger partial charge in [-0.15, -0.1) is 0 Å². The van der Waals surface area contributed by atoms with Gasteiger partial charge in [0.2, 0.25) is 0 Å². The molecular weight excluding hydrogens is 261 g/mol. The SMILES string of the molecule is NCc1ccc(F)c(-c2ccc(C3CCCCC3)cc2)c1. The van der Waals surface area contributed by atoms with Crippen molar-refractivity contribution in [1.82, 2.24) is 0 Å². The van der Waals surface area contributed by atoms with E-state index >= 15 is 0 Å². The molecule has 0 aliphatic heterocycles. The molecule has 1 aliphatic rings. The predicted molar refractivity (Wildman–Crippen MR) is 85.6 cm³/mol. The summed E-state index contributed by atoms with van der Waals surface area (Å²) in [5.41, 5.74) is 9.58. The van der Waals surface area contributed by atoms with Crippen molar-refractivity contribution >= 4 is 0 Å². The fourth-order valence-electron chi connectivity index (χ4n) is 3.29. The standard InChI is InChI=1S/C19H22FN/c20-19-11-6-14(13-21)12-18(19)17-9-7-16(8-10-17)15-4-2-1-3-5-15/h6-12,15H,1-5,13,21H2. The molecular formula is C19H22FN. The van der Waals surface area contributed by atoms with Gasteiger partial charge in [-0.3, -0.25) is 0 Å². The van der Waals surface area contributed by atoms with Crippen LogP contribution in [0.4, 0.5) is 4.39 Å². The van der Waals surface area contributed by atoms with Crippen LogP contribution in [0.25, 0.3) is 11.1 Å². The maximum Gasteiger partial charge on any atom is 0.131 e. The fourth-order valence-corrected chi connectivity index (χ4v) is 3.29. The molecule has 2 N–H and O–H groups in total. The molecule has 1 nitrogen and oxygen atoms in total. The Bertz CT molecular complexity index is 597. The minimum absolute atomic E-state index is 0.183. The first-order chi connectivity index (χ1) is 10.3. The Labute approximate surface area is 126 Å². The largest absolute Gasteiger partial charge is 0.326 e. The first kappa shape index (κ1) is 14.3. The molecule has 0 radical (unpaired) electrons. The van der Waals surface area contributed by atoms with Crippen molar-refractivity contribution in [2.75, 3.05) is 0 Å². The molecule has 1 aliphatic carbocycles. The lowest BCUT2D eigenvalue weighted by molar-refractivity contribution is 0.443. The molecule has 1 fully saturated rings. The van der Waals surface area contributed by atoms with E-state index in [0.717, 1.165) is 11.1 Å². The predicted octanol–water partition coefficient (Wildman–Crippen LogP) is 5.00. The lowest BCUT2D eigenvalue weighted by Crippen LogP contribution is -2.04. The summed E-state index contributed by atoms with van der Waals surface area (Å²) >= 11 is 0. The molecule has 2 aromatic carbocycles. The van der Waals surface area contributed by atoms with E-state index in [1.165, 1.54) is 43.7 Å². The second-order valence-electron chi connectivity index (χ2n) is 5.98. The molecule has 3 rings (SSSR count). The summed E-state index contributed by atoms with van der Waals surface area (Å²) in [5.74, 6) is 0.505. The van der Waals surface area contributed by atoms with Gasteiger partial charge in [-0.05, 0) is 47.6 Å². The molecule has 21 heavy (non-hydrogen) atoms. The zero-order valence-corrected chi connectivity index (χ0v) is 12.3. The molecule has 0 spiro atoms. The molecule has 0 amide bonds. The third-order valence-corrected chi connectivity index (χ3v) is 4.56. The van der Waals surface area contributed by atoms with Gasteiger partial charge in [-0.1, -0.05) is 49.6 Å². The lowest BCUT2D eigenvalue weighted by atomic mass is 9.83. The molecule has 110 valence electrons. The molecule has 0 saturated heterocycles. The van der Waals surface area contributed by atoms with Crippen LogP contribution in [0, 0.1) is 5.82 Å². The topological polar surface area (TPSA) is 26.0 Å². The number of nitrogens with two attached hydrogens (primary N) is 1. The highest BCUT2D eigenvalue weighted by Crippen LogP contribution is 2.34. The van der Waals surface area contributed by atoms with Crippen molar-refractivity contribution in [1.29, 1.82) is 0 Å². The van der Waals surface area contributed by atoms with E-state index in [9.17, 15) is 4.39 Å². The second kappa shape index (κ2) is 6.40. The van der Waals surface area contributed by atoms with Gasteiger partial charge >= 0.3 is 0 Å². The van der Waals surface area contributed by atoms with Crippen molar-refractivity contribution in [3.8, 4) is 11.1 Å². The average Bonchev–Trinajstić information content (AvgIpc) is 2.56. The van der Waals surface area contributed by atoms with Crippen molar-refractivity contribution in [3.05, 3.63) is 59.4 Å². The molecule has 0 unspecified atom stereocenters. The number of benzene rings is 2. The van der Waals surface area contributed by atoms with Crippen LogP contribution in [0.5, 0.6) is 0 Å². The Morgan fingerprint density at radius 1 is 0.952 bits per heavy atom. The maximum atomic E-state index is 14.0. The Kier molecular flexibility index (Phi) is 4.35. The summed E-state index contributed by atoms with van der Waals surface area (Å²) < 4.78 is 14.0. The summed E-state index contributed by atoms with van der Waals surface area (Å²) in [4.78, 5) is 0. The summed E-state index contributed by atoms with van der Waals surface area (Å²) in [6, 6.07) is 13.5. The van der Waals surface area contributed by atoms with E-state index in [2.05, 4.69) is 12.1 Å². The number of rotatable bonds is 3. The lowest BCUT2D eigenvalue weighted by Gasteiger charge is -2.22. The monoisotopic (exact) mass is 283 g/mol. The van der Waals surface area contributed by atoms with Crippen molar-refractivity contribution in [2.45, 2.75) is 44.6 Å². The van der Waals surface area contributed by atoms with Crippen LogP contribution in [0.3, 0.4) is 0 Å². The Hall–Kier alpha value is -1.67. The molecule has 0 bridgehead atoms. The van der Waals surface area contributed by atoms with Crippen LogP contribution in [0.2, 0.25) is 0 Å². The minimum Gasteiger partial charge on any atom is -0.326 e. The summed E-state index contributed by atoms with van der Waals surface area (Å²) in [6.07, 6.45) is 6.61. The smallest absolute Gasteiger partial charge is 0.131 e. The van der Waals surface area contributed by atoms with Crippen LogP contribution in [-0.4, -0.2) is 0 Å². The van der Waals surface area contributed by atoms with Crippen LogP contribution in [0.15, 0.2) is 42.5 Å². The first-order valence-corrected chi connectivity index (χ1v) is 7.87. The third kappa shape index (κ3) is 3.16. The Balaban J connectivity index is 1.86. The van der Waals surface area contributed by atoms with Crippen LogP contribution >= 0.6 is 0 Å². The number of hydrogen-bond acceptors (Lipinski definition) is 1. The molecule has 2 aromatic rings. The summed E-state index contributed by atoms with van der Waals surface area (Å²) in [5, 5.41) is 0. The highest BCUT2D eigenvalue weighted by atomic mass is 19.1. The van der Waals surface area contributed by atoms with E-state index in [4.69, 9.17) is 5.73 Å². The van der Waals surface area contributed by atoms with E-state index in [-0.39, 0.29) is 5.82 Å². The molecule has 2 heteroatoms. The van der Waals surface area contributed by atoms with Gasteiger partial charge in [0.25, 0.3) is 0 Å². The van der Waals surface area contributed by atoms with Gasteiger partial charge in [-0.2, -0.15) is 0 Å². The second-order valence-corrected chi connectivity index (χ2v) is 5.98. The first-order valence-electron chi connectivity index (χ1n) is 7.87. The Morgan fingerprint density at radius 3 is 2.33 bits per heavy atom. The normalized spacial score (nSPS) is 16.1. The van der Waals surface area contributed by atoms with E-state index in [1.807, 2.05) is 18.2 Å². The van der Waals surface area contributed by atoms with Gasteiger partial charge in [0.1, 0.15) is 5.82 Å². The zero-order valence-electron chi connectivity index (χ0n) is 12.3. The van der Waals surface area contributed by atoms with Crippen molar-refractivity contribution < 1.29 is 4.39 Å². The van der Waals surface area contributed by atoms with Crippen LogP contribution in [0.1, 0.15) is 49.1 Å². The van der Waals surface area contributed by atoms with E-state index < -0.39 is 0 Å². The van der Waals surface area contributed by atoms with Crippen molar-refractivity contribution in [2.24, 2.45) is 5.73 Å². The van der Waals surface area contributed by atoms with Crippen molar-refractivity contribution in [3.63, 3.8) is 0 Å². The highest BCUT2D eigenvalue weighted by molar-refractivity contribution is 5.65. The maximum absolute atomic E-state index is 14.0. The fraction of sp³-hybridized carbons (Fsp3) is 0.368. The van der Waals surface area contributed by atoms with Gasteiger partial charge in [-0.25, -0.2) is 4.39 Å². The van der Waals surface area contributed by atoms with Gasteiger partial charge in [0, 0.05) is 12.1 Å².